The number of rotatable bonds is 6. The molecule has 0 atom stereocenters. The van der Waals surface area contributed by atoms with Gasteiger partial charge in [-0.15, -0.1) is 10.2 Å². The van der Waals surface area contributed by atoms with E-state index in [1.54, 1.807) is 6.20 Å². The van der Waals surface area contributed by atoms with Crippen molar-refractivity contribution in [2.45, 2.75) is 30.5 Å². The van der Waals surface area contributed by atoms with E-state index in [1.807, 2.05) is 22.8 Å². The molecule has 0 bridgehead atoms. The Bertz CT molecular complexity index is 610. The van der Waals surface area contributed by atoms with E-state index in [9.17, 15) is 4.79 Å². The predicted molar refractivity (Wildman–Crippen MR) is 73.7 cm³/mol. The van der Waals surface area contributed by atoms with Crippen molar-refractivity contribution >= 4 is 17.7 Å². The maximum atomic E-state index is 10.7. The molecule has 1 saturated carbocycles. The fourth-order valence-corrected chi connectivity index (χ4v) is 2.64. The first-order valence-electron chi connectivity index (χ1n) is 6.41. The molecule has 1 aliphatic carbocycles. The van der Waals surface area contributed by atoms with Crippen molar-refractivity contribution in [1.29, 1.82) is 0 Å². The van der Waals surface area contributed by atoms with E-state index in [1.165, 1.54) is 11.8 Å². The zero-order chi connectivity index (χ0) is 13.9. The fraction of sp³-hybridized carbons (Fsp3) is 0.385. The topological polar surface area (TPSA) is 80.9 Å². The number of thioether (sulfide) groups is 1. The van der Waals surface area contributed by atoms with Crippen LogP contribution >= 0.6 is 11.8 Å². The van der Waals surface area contributed by atoms with Crippen LogP contribution in [0.2, 0.25) is 0 Å². The molecule has 3 rings (SSSR count). The molecule has 0 unspecified atom stereocenters. The zero-order valence-electron chi connectivity index (χ0n) is 10.8. The zero-order valence-corrected chi connectivity index (χ0v) is 11.6. The van der Waals surface area contributed by atoms with Crippen LogP contribution in [0, 0.1) is 0 Å². The average molecular weight is 290 g/mol. The molecule has 1 fully saturated rings. The predicted octanol–water partition coefficient (Wildman–Crippen LogP) is 1.78. The van der Waals surface area contributed by atoms with Crippen molar-refractivity contribution in [3.63, 3.8) is 0 Å². The highest BCUT2D eigenvalue weighted by atomic mass is 32.2. The molecule has 1 aliphatic rings. The van der Waals surface area contributed by atoms with E-state index in [-0.39, 0.29) is 5.75 Å². The summed E-state index contributed by atoms with van der Waals surface area (Å²) in [6.45, 7) is 0.585. The van der Waals surface area contributed by atoms with Gasteiger partial charge in [0.05, 0.1) is 18.0 Å². The van der Waals surface area contributed by atoms with Gasteiger partial charge in [-0.05, 0) is 25.0 Å². The molecule has 2 heterocycles. The standard InChI is InChI=1S/C13H14N4O2S/c18-11(19)8-20-13-16-15-12(9-4-5-9)17(13)7-10-3-1-2-6-14-10/h1-3,6,9H,4-5,7-8H2,(H,18,19). The number of carboxylic acid groups (broad SMARTS) is 1. The van der Waals surface area contributed by atoms with Crippen molar-refractivity contribution in [3.8, 4) is 0 Å². The van der Waals surface area contributed by atoms with Crippen molar-refractivity contribution < 1.29 is 9.90 Å². The third kappa shape index (κ3) is 2.98. The summed E-state index contributed by atoms with van der Waals surface area (Å²) in [6.07, 6.45) is 4.01. The summed E-state index contributed by atoms with van der Waals surface area (Å²) in [7, 11) is 0. The number of carbonyl (C=O) groups is 1. The normalized spacial score (nSPS) is 14.4. The van der Waals surface area contributed by atoms with Crippen LogP contribution in [0.4, 0.5) is 0 Å². The van der Waals surface area contributed by atoms with E-state index in [0.29, 0.717) is 17.6 Å². The van der Waals surface area contributed by atoms with Crippen LogP contribution in [-0.4, -0.2) is 36.6 Å². The highest BCUT2D eigenvalue weighted by Gasteiger charge is 2.30. The first-order valence-corrected chi connectivity index (χ1v) is 7.40. The van der Waals surface area contributed by atoms with Crippen LogP contribution in [0.25, 0.3) is 0 Å². The van der Waals surface area contributed by atoms with Crippen molar-refractivity contribution in [2.75, 3.05) is 5.75 Å². The summed E-state index contributed by atoms with van der Waals surface area (Å²) in [5.41, 5.74) is 0.923. The molecule has 1 N–H and O–H groups in total. The Morgan fingerprint density at radius 2 is 2.25 bits per heavy atom. The third-order valence-electron chi connectivity index (χ3n) is 3.06. The lowest BCUT2D eigenvalue weighted by molar-refractivity contribution is -0.133. The van der Waals surface area contributed by atoms with Gasteiger partial charge >= 0.3 is 5.97 Å². The summed E-state index contributed by atoms with van der Waals surface area (Å²) < 4.78 is 1.99. The third-order valence-corrected chi connectivity index (χ3v) is 4.01. The summed E-state index contributed by atoms with van der Waals surface area (Å²) >= 11 is 1.20. The maximum absolute atomic E-state index is 10.7. The van der Waals surface area contributed by atoms with Crippen LogP contribution in [0.5, 0.6) is 0 Å². The van der Waals surface area contributed by atoms with E-state index < -0.39 is 5.97 Å². The van der Waals surface area contributed by atoms with Gasteiger partial charge in [-0.3, -0.25) is 14.3 Å². The second-order valence-corrected chi connectivity index (χ2v) is 5.65. The quantitative estimate of drug-likeness (QED) is 0.817. The number of nitrogens with zero attached hydrogens (tertiary/aromatic N) is 4. The lowest BCUT2D eigenvalue weighted by atomic mass is 10.3. The molecule has 20 heavy (non-hydrogen) atoms. The molecule has 0 saturated heterocycles. The smallest absolute Gasteiger partial charge is 0.313 e. The number of aliphatic carboxylic acids is 1. The minimum atomic E-state index is -0.852. The van der Waals surface area contributed by atoms with Crippen molar-refractivity contribution in [1.82, 2.24) is 19.7 Å². The molecular weight excluding hydrogens is 276 g/mol. The Hall–Kier alpha value is -1.89. The van der Waals surface area contributed by atoms with Crippen LogP contribution in [-0.2, 0) is 11.3 Å². The molecule has 6 nitrogen and oxygen atoms in total. The molecule has 0 aromatic carbocycles. The minimum absolute atomic E-state index is 0.00891. The minimum Gasteiger partial charge on any atom is -0.481 e. The monoisotopic (exact) mass is 290 g/mol. The maximum Gasteiger partial charge on any atom is 0.313 e. The molecule has 2 aromatic heterocycles. The van der Waals surface area contributed by atoms with Crippen LogP contribution in [0.3, 0.4) is 0 Å². The number of carboxylic acids is 1. The Morgan fingerprint density at radius 3 is 2.90 bits per heavy atom. The van der Waals surface area contributed by atoms with Crippen LogP contribution in [0.1, 0.15) is 30.3 Å². The molecule has 0 aliphatic heterocycles. The van der Waals surface area contributed by atoms with E-state index in [4.69, 9.17) is 5.11 Å². The molecule has 104 valence electrons. The SMILES string of the molecule is O=C(O)CSc1nnc(C2CC2)n1Cc1ccccn1. The van der Waals surface area contributed by atoms with Gasteiger partial charge in [0.2, 0.25) is 0 Å². The highest BCUT2D eigenvalue weighted by molar-refractivity contribution is 7.99. The van der Waals surface area contributed by atoms with E-state index in [0.717, 1.165) is 24.4 Å². The van der Waals surface area contributed by atoms with Crippen molar-refractivity contribution in [3.05, 3.63) is 35.9 Å². The van der Waals surface area contributed by atoms with E-state index in [2.05, 4.69) is 15.2 Å². The van der Waals surface area contributed by atoms with Gasteiger partial charge < -0.3 is 5.11 Å². The second kappa shape index (κ2) is 5.62. The second-order valence-electron chi connectivity index (χ2n) is 4.70. The number of hydrogen-bond acceptors (Lipinski definition) is 5. The summed E-state index contributed by atoms with van der Waals surface area (Å²) in [5, 5.41) is 17.8. The van der Waals surface area contributed by atoms with Crippen molar-refractivity contribution in [2.24, 2.45) is 0 Å². The molecule has 0 amide bonds. The van der Waals surface area contributed by atoms with E-state index >= 15 is 0 Å². The Morgan fingerprint density at radius 1 is 1.40 bits per heavy atom. The highest BCUT2D eigenvalue weighted by Crippen LogP contribution is 2.40. The number of pyridine rings is 1. The molecule has 0 radical (unpaired) electrons. The van der Waals surface area contributed by atoms with Gasteiger partial charge in [-0.2, -0.15) is 0 Å². The van der Waals surface area contributed by atoms with Gasteiger partial charge in [0.25, 0.3) is 0 Å². The Labute approximate surface area is 120 Å². The molecule has 0 spiro atoms. The fourth-order valence-electron chi connectivity index (χ4n) is 1.98. The average Bonchev–Trinajstić information content (AvgIpc) is 3.21. The Kier molecular flexibility index (Phi) is 3.68. The van der Waals surface area contributed by atoms with Gasteiger partial charge in [-0.25, -0.2) is 0 Å². The van der Waals surface area contributed by atoms with Gasteiger partial charge in [0.15, 0.2) is 5.16 Å². The van der Waals surface area contributed by atoms with Gasteiger partial charge in [-0.1, -0.05) is 17.8 Å². The molecule has 2 aromatic rings. The first kappa shape index (κ1) is 13.1. The van der Waals surface area contributed by atoms with Gasteiger partial charge in [0.1, 0.15) is 5.82 Å². The summed E-state index contributed by atoms with van der Waals surface area (Å²) in [5.74, 6) is 0.551. The largest absolute Gasteiger partial charge is 0.481 e. The van der Waals surface area contributed by atoms with Crippen LogP contribution < -0.4 is 0 Å². The number of hydrogen-bond donors (Lipinski definition) is 1. The summed E-state index contributed by atoms with van der Waals surface area (Å²) in [6, 6.07) is 5.76. The van der Waals surface area contributed by atoms with Gasteiger partial charge in [0, 0.05) is 12.1 Å². The van der Waals surface area contributed by atoms with Crippen LogP contribution in [0.15, 0.2) is 29.6 Å². The number of aromatic nitrogens is 4. The summed E-state index contributed by atoms with van der Waals surface area (Å²) in [4.78, 5) is 15.0. The first-order chi connectivity index (χ1) is 9.74. The lowest BCUT2D eigenvalue weighted by Crippen LogP contribution is -2.08. The Balaban J connectivity index is 1.85. The molecular formula is C13H14N4O2S. The lowest BCUT2D eigenvalue weighted by Gasteiger charge is -2.08. The molecule has 7 heteroatoms.